The summed E-state index contributed by atoms with van der Waals surface area (Å²) in [4.78, 5) is 21.4. The number of aromatic nitrogens is 5. The van der Waals surface area contributed by atoms with E-state index in [-0.39, 0.29) is 18.0 Å². The third-order valence-corrected chi connectivity index (χ3v) is 6.41. The fourth-order valence-electron chi connectivity index (χ4n) is 3.53. The lowest BCUT2D eigenvalue weighted by molar-refractivity contribution is -0.130. The number of benzene rings is 1. The summed E-state index contributed by atoms with van der Waals surface area (Å²) in [6.45, 7) is 9.10. The van der Waals surface area contributed by atoms with Gasteiger partial charge < -0.3 is 14.0 Å². The first-order valence-electron chi connectivity index (χ1n) is 10.5. The fraction of sp³-hybridized carbons (Fsp3) is 0.476. The van der Waals surface area contributed by atoms with E-state index < -0.39 is 0 Å². The maximum atomic E-state index is 12.7. The molecule has 10 heteroatoms. The SMILES string of the molecule is CC(c1nc(-c2ccccc2)no1)N1CCN(C(=O)CSc2nncn2C(C)C)CC1. The van der Waals surface area contributed by atoms with Crippen LogP contribution in [0.2, 0.25) is 0 Å². The molecule has 3 heterocycles. The number of rotatable bonds is 7. The molecular weight excluding hydrogens is 414 g/mol. The first-order chi connectivity index (χ1) is 15.0. The number of thioether (sulfide) groups is 1. The second-order valence-corrected chi connectivity index (χ2v) is 8.76. The van der Waals surface area contributed by atoms with Crippen molar-refractivity contribution >= 4 is 17.7 Å². The molecule has 1 fully saturated rings. The first kappa shape index (κ1) is 21.5. The lowest BCUT2D eigenvalue weighted by atomic mass is 10.2. The number of piperazine rings is 1. The van der Waals surface area contributed by atoms with Crippen LogP contribution in [0.15, 0.2) is 46.3 Å². The van der Waals surface area contributed by atoms with Crippen LogP contribution in [0.5, 0.6) is 0 Å². The molecule has 164 valence electrons. The van der Waals surface area contributed by atoms with Gasteiger partial charge in [-0.15, -0.1) is 10.2 Å². The van der Waals surface area contributed by atoms with Crippen LogP contribution in [0.1, 0.15) is 38.7 Å². The van der Waals surface area contributed by atoms with Crippen LogP contribution in [0.4, 0.5) is 0 Å². The van der Waals surface area contributed by atoms with Crippen LogP contribution < -0.4 is 0 Å². The molecule has 0 saturated carbocycles. The number of carbonyl (C=O) groups excluding carboxylic acids is 1. The van der Waals surface area contributed by atoms with Gasteiger partial charge in [-0.3, -0.25) is 9.69 Å². The van der Waals surface area contributed by atoms with Gasteiger partial charge in [-0.05, 0) is 20.8 Å². The topological polar surface area (TPSA) is 93.2 Å². The molecule has 0 radical (unpaired) electrons. The molecule has 9 nitrogen and oxygen atoms in total. The smallest absolute Gasteiger partial charge is 0.244 e. The minimum Gasteiger partial charge on any atom is -0.339 e. The Morgan fingerprint density at radius 1 is 1.13 bits per heavy atom. The summed E-state index contributed by atoms with van der Waals surface area (Å²) in [5, 5.41) is 13.0. The number of amides is 1. The monoisotopic (exact) mass is 441 g/mol. The van der Waals surface area contributed by atoms with E-state index in [2.05, 4.69) is 46.0 Å². The third kappa shape index (κ3) is 4.96. The van der Waals surface area contributed by atoms with Crippen LogP contribution >= 0.6 is 11.8 Å². The molecule has 1 aliphatic heterocycles. The van der Waals surface area contributed by atoms with E-state index in [1.54, 1.807) is 6.33 Å². The van der Waals surface area contributed by atoms with Gasteiger partial charge in [0.2, 0.25) is 17.6 Å². The van der Waals surface area contributed by atoms with Crippen LogP contribution in [0, 0.1) is 0 Å². The molecule has 0 aliphatic carbocycles. The Kier molecular flexibility index (Phi) is 6.67. The maximum absolute atomic E-state index is 12.7. The van der Waals surface area contributed by atoms with Crippen molar-refractivity contribution < 1.29 is 9.32 Å². The molecular formula is C21H27N7O2S. The summed E-state index contributed by atoms with van der Waals surface area (Å²) >= 11 is 1.44. The quantitative estimate of drug-likeness (QED) is 0.517. The second kappa shape index (κ2) is 9.61. The Labute approximate surface area is 185 Å². The van der Waals surface area contributed by atoms with Crippen molar-refractivity contribution in [1.29, 1.82) is 0 Å². The van der Waals surface area contributed by atoms with E-state index in [1.165, 1.54) is 11.8 Å². The maximum Gasteiger partial charge on any atom is 0.244 e. The Bertz CT molecular complexity index is 996. The van der Waals surface area contributed by atoms with Gasteiger partial charge in [0.05, 0.1) is 11.8 Å². The average Bonchev–Trinajstić information content (AvgIpc) is 3.48. The van der Waals surface area contributed by atoms with Gasteiger partial charge in [0.1, 0.15) is 6.33 Å². The summed E-state index contributed by atoms with van der Waals surface area (Å²) in [6.07, 6.45) is 1.71. The minimum atomic E-state index is 0.00109. The molecule has 0 spiro atoms. The minimum absolute atomic E-state index is 0.00109. The van der Waals surface area contributed by atoms with E-state index >= 15 is 0 Å². The molecule has 0 bridgehead atoms. The highest BCUT2D eigenvalue weighted by Crippen LogP contribution is 2.24. The average molecular weight is 442 g/mol. The number of hydrogen-bond acceptors (Lipinski definition) is 8. The van der Waals surface area contributed by atoms with Gasteiger partial charge in [-0.25, -0.2) is 0 Å². The lowest BCUT2D eigenvalue weighted by Gasteiger charge is -2.36. The Hall–Kier alpha value is -2.72. The zero-order chi connectivity index (χ0) is 21.8. The predicted octanol–water partition coefficient (Wildman–Crippen LogP) is 2.91. The summed E-state index contributed by atoms with van der Waals surface area (Å²) in [7, 11) is 0. The summed E-state index contributed by atoms with van der Waals surface area (Å²) in [5.74, 6) is 1.69. The fourth-order valence-corrected chi connectivity index (χ4v) is 4.48. The van der Waals surface area contributed by atoms with Crippen LogP contribution in [-0.4, -0.2) is 72.5 Å². The predicted molar refractivity (Wildman–Crippen MR) is 117 cm³/mol. The highest BCUT2D eigenvalue weighted by molar-refractivity contribution is 7.99. The van der Waals surface area contributed by atoms with E-state index in [0.717, 1.165) is 23.8 Å². The van der Waals surface area contributed by atoms with Crippen molar-refractivity contribution in [1.82, 2.24) is 34.7 Å². The molecule has 0 N–H and O–H groups in total. The van der Waals surface area contributed by atoms with Gasteiger partial charge in [0.25, 0.3) is 0 Å². The van der Waals surface area contributed by atoms with Gasteiger partial charge in [0.15, 0.2) is 5.16 Å². The normalized spacial score (nSPS) is 16.1. The molecule has 1 saturated heterocycles. The summed E-state index contributed by atoms with van der Waals surface area (Å²) in [6, 6.07) is 10.1. The Balaban J connectivity index is 1.28. The molecule has 1 aromatic carbocycles. The van der Waals surface area contributed by atoms with E-state index in [4.69, 9.17) is 4.52 Å². The number of carbonyl (C=O) groups is 1. The van der Waals surface area contributed by atoms with Crippen molar-refractivity contribution in [2.75, 3.05) is 31.9 Å². The lowest BCUT2D eigenvalue weighted by Crippen LogP contribution is -2.49. The number of hydrogen-bond donors (Lipinski definition) is 0. The van der Waals surface area contributed by atoms with Crippen molar-refractivity contribution in [3.63, 3.8) is 0 Å². The van der Waals surface area contributed by atoms with Crippen LogP contribution in [0.3, 0.4) is 0 Å². The standard InChI is InChI=1S/C21H27N7O2S/c1-15(2)28-14-22-24-21(28)31-13-18(29)27-11-9-26(10-12-27)16(3)20-23-19(25-30-20)17-7-5-4-6-8-17/h4-8,14-16H,9-13H2,1-3H3. The van der Waals surface area contributed by atoms with Crippen molar-refractivity contribution in [3.8, 4) is 11.4 Å². The summed E-state index contributed by atoms with van der Waals surface area (Å²) < 4.78 is 7.49. The van der Waals surface area contributed by atoms with Gasteiger partial charge in [0, 0.05) is 37.8 Å². The Morgan fingerprint density at radius 2 is 1.87 bits per heavy atom. The van der Waals surface area contributed by atoms with Crippen molar-refractivity contribution in [2.24, 2.45) is 0 Å². The zero-order valence-electron chi connectivity index (χ0n) is 18.0. The van der Waals surface area contributed by atoms with Crippen LogP contribution in [0.25, 0.3) is 11.4 Å². The zero-order valence-corrected chi connectivity index (χ0v) is 18.8. The number of nitrogens with zero attached hydrogens (tertiary/aromatic N) is 7. The Morgan fingerprint density at radius 3 is 2.58 bits per heavy atom. The largest absolute Gasteiger partial charge is 0.339 e. The molecule has 4 rings (SSSR count). The highest BCUT2D eigenvalue weighted by Gasteiger charge is 2.28. The van der Waals surface area contributed by atoms with Crippen molar-refractivity contribution in [2.45, 2.75) is 38.0 Å². The third-order valence-electron chi connectivity index (χ3n) is 5.47. The molecule has 1 amide bonds. The van der Waals surface area contributed by atoms with Crippen molar-refractivity contribution in [3.05, 3.63) is 42.5 Å². The van der Waals surface area contributed by atoms with Gasteiger partial charge >= 0.3 is 0 Å². The molecule has 1 unspecified atom stereocenters. The molecule has 31 heavy (non-hydrogen) atoms. The van der Waals surface area contributed by atoms with Gasteiger partial charge in [-0.2, -0.15) is 4.98 Å². The van der Waals surface area contributed by atoms with Crippen LogP contribution in [-0.2, 0) is 4.79 Å². The van der Waals surface area contributed by atoms with E-state index in [1.807, 2.05) is 39.8 Å². The molecule has 1 atom stereocenters. The molecule has 3 aromatic rings. The first-order valence-corrected chi connectivity index (χ1v) is 11.4. The van der Waals surface area contributed by atoms with Gasteiger partial charge in [-0.1, -0.05) is 47.3 Å². The highest BCUT2D eigenvalue weighted by atomic mass is 32.2. The van der Waals surface area contributed by atoms with E-state index in [9.17, 15) is 4.79 Å². The molecule has 2 aromatic heterocycles. The second-order valence-electron chi connectivity index (χ2n) is 7.82. The summed E-state index contributed by atoms with van der Waals surface area (Å²) in [5.41, 5.74) is 0.936. The molecule has 1 aliphatic rings. The van der Waals surface area contributed by atoms with E-state index in [0.29, 0.717) is 30.6 Å².